The van der Waals surface area contributed by atoms with Crippen molar-refractivity contribution < 1.29 is 4.74 Å². The van der Waals surface area contributed by atoms with Gasteiger partial charge in [0.2, 0.25) is 0 Å². The van der Waals surface area contributed by atoms with E-state index in [-0.39, 0.29) is 0 Å². The number of nitrogens with one attached hydrogen (secondary N) is 1. The van der Waals surface area contributed by atoms with Crippen LogP contribution >= 0.6 is 11.6 Å². The number of halogens is 1. The smallest absolute Gasteiger partial charge is 0.119 e. The van der Waals surface area contributed by atoms with Crippen LogP contribution in [0.15, 0.2) is 48.5 Å². The molecule has 0 aliphatic rings. The molecule has 0 unspecified atom stereocenters. The zero-order valence-electron chi connectivity index (χ0n) is 14.0. The van der Waals surface area contributed by atoms with Crippen molar-refractivity contribution in [3.63, 3.8) is 0 Å². The lowest BCUT2D eigenvalue weighted by molar-refractivity contribution is 0.317. The summed E-state index contributed by atoms with van der Waals surface area (Å²) in [7, 11) is 0. The Morgan fingerprint density at radius 1 is 1.13 bits per heavy atom. The molecule has 3 heteroatoms. The largest absolute Gasteiger partial charge is 0.494 e. The Balaban J connectivity index is 1.78. The summed E-state index contributed by atoms with van der Waals surface area (Å²) in [5, 5.41) is 4.44. The third kappa shape index (κ3) is 5.89. The topological polar surface area (TPSA) is 21.3 Å². The van der Waals surface area contributed by atoms with E-state index in [0.29, 0.717) is 6.04 Å². The predicted octanol–water partition coefficient (Wildman–Crippen LogP) is 5.41. The van der Waals surface area contributed by atoms with Gasteiger partial charge in [0.1, 0.15) is 5.75 Å². The molecule has 124 valence electrons. The van der Waals surface area contributed by atoms with Crippen LogP contribution in [0.2, 0.25) is 5.02 Å². The predicted molar refractivity (Wildman–Crippen MR) is 98.4 cm³/mol. The number of aryl methyl sites for hydroxylation is 1. The number of hydrogen-bond donors (Lipinski definition) is 1. The van der Waals surface area contributed by atoms with Gasteiger partial charge in [-0.25, -0.2) is 0 Å². The highest BCUT2D eigenvalue weighted by atomic mass is 35.5. The lowest BCUT2D eigenvalue weighted by Gasteiger charge is -2.15. The summed E-state index contributed by atoms with van der Waals surface area (Å²) < 4.78 is 5.70. The highest BCUT2D eigenvalue weighted by Gasteiger charge is 2.06. The molecule has 0 saturated carbocycles. The van der Waals surface area contributed by atoms with E-state index in [4.69, 9.17) is 16.3 Å². The first-order valence-corrected chi connectivity index (χ1v) is 8.78. The van der Waals surface area contributed by atoms with Crippen molar-refractivity contribution in [1.29, 1.82) is 0 Å². The molecule has 1 atom stereocenters. The normalized spacial score (nSPS) is 12.1. The molecule has 1 N–H and O–H groups in total. The highest BCUT2D eigenvalue weighted by Crippen LogP contribution is 2.20. The molecule has 0 fully saturated rings. The van der Waals surface area contributed by atoms with E-state index in [9.17, 15) is 0 Å². The number of rotatable bonds is 9. The second kappa shape index (κ2) is 9.59. The molecule has 23 heavy (non-hydrogen) atoms. The summed E-state index contributed by atoms with van der Waals surface area (Å²) in [5.74, 6) is 0.953. The lowest BCUT2D eigenvalue weighted by Crippen LogP contribution is -2.20. The van der Waals surface area contributed by atoms with Crippen LogP contribution in [0.4, 0.5) is 0 Å². The Kier molecular flexibility index (Phi) is 7.44. The molecule has 2 rings (SSSR count). The van der Waals surface area contributed by atoms with E-state index in [1.165, 1.54) is 11.1 Å². The zero-order valence-corrected chi connectivity index (χ0v) is 14.8. The van der Waals surface area contributed by atoms with Gasteiger partial charge in [0.25, 0.3) is 0 Å². The first-order valence-electron chi connectivity index (χ1n) is 8.40. The van der Waals surface area contributed by atoms with Crippen LogP contribution in [0, 0.1) is 0 Å². The molecule has 0 radical (unpaired) electrons. The molecule has 0 aliphatic carbocycles. The van der Waals surface area contributed by atoms with Crippen LogP contribution in [0.1, 0.15) is 43.9 Å². The van der Waals surface area contributed by atoms with Crippen LogP contribution in [0.25, 0.3) is 0 Å². The van der Waals surface area contributed by atoms with Crippen LogP contribution in [0.3, 0.4) is 0 Å². The average Bonchev–Trinajstić information content (AvgIpc) is 2.58. The minimum absolute atomic E-state index is 0.312. The number of ether oxygens (including phenoxy) is 1. The van der Waals surface area contributed by atoms with E-state index < -0.39 is 0 Å². The maximum atomic E-state index is 6.19. The summed E-state index contributed by atoms with van der Waals surface area (Å²) in [6.45, 7) is 6.04. The van der Waals surface area contributed by atoms with Gasteiger partial charge in [0.15, 0.2) is 0 Å². The van der Waals surface area contributed by atoms with Crippen molar-refractivity contribution in [2.75, 3.05) is 13.2 Å². The molecule has 0 spiro atoms. The van der Waals surface area contributed by atoms with E-state index >= 15 is 0 Å². The molecule has 0 bridgehead atoms. The quantitative estimate of drug-likeness (QED) is 0.620. The van der Waals surface area contributed by atoms with Crippen molar-refractivity contribution in [2.24, 2.45) is 0 Å². The summed E-state index contributed by atoms with van der Waals surface area (Å²) in [6, 6.07) is 16.7. The first-order chi connectivity index (χ1) is 11.2. The molecule has 2 aromatic rings. The van der Waals surface area contributed by atoms with E-state index in [2.05, 4.69) is 43.4 Å². The van der Waals surface area contributed by atoms with E-state index in [1.807, 2.05) is 24.3 Å². The van der Waals surface area contributed by atoms with Gasteiger partial charge in [-0.3, -0.25) is 0 Å². The van der Waals surface area contributed by atoms with E-state index in [1.54, 1.807) is 0 Å². The van der Waals surface area contributed by atoms with Gasteiger partial charge >= 0.3 is 0 Å². The van der Waals surface area contributed by atoms with Gasteiger partial charge in [-0.2, -0.15) is 0 Å². The number of hydrogen-bond acceptors (Lipinski definition) is 2. The Bertz CT molecular complexity index is 600. The third-order valence-electron chi connectivity index (χ3n) is 3.86. The Morgan fingerprint density at radius 3 is 2.74 bits per heavy atom. The second-order valence-electron chi connectivity index (χ2n) is 5.79. The van der Waals surface area contributed by atoms with Crippen molar-refractivity contribution in [3.05, 3.63) is 64.7 Å². The fourth-order valence-electron chi connectivity index (χ4n) is 2.51. The molecule has 0 heterocycles. The first kappa shape index (κ1) is 17.8. The molecule has 0 aromatic heterocycles. The maximum absolute atomic E-state index is 6.19. The monoisotopic (exact) mass is 331 g/mol. The summed E-state index contributed by atoms with van der Waals surface area (Å²) in [5.41, 5.74) is 2.48. The molecular weight excluding hydrogens is 306 g/mol. The minimum atomic E-state index is 0.312. The summed E-state index contributed by atoms with van der Waals surface area (Å²) >= 11 is 6.19. The Labute approximate surface area is 144 Å². The number of benzene rings is 2. The standard InChI is InChI=1S/C20H26ClNO/c1-3-14-23-19-11-6-9-18(15-19)16(2)22-13-7-10-17-8-4-5-12-20(17)21/h4-6,8-9,11-12,15-16,22H,3,7,10,13-14H2,1-2H3/t16-/m1/s1. The molecular formula is C20H26ClNO. The van der Waals surface area contributed by atoms with Crippen molar-refractivity contribution >= 4 is 11.6 Å². The second-order valence-corrected chi connectivity index (χ2v) is 6.20. The molecule has 0 amide bonds. The van der Waals surface area contributed by atoms with Crippen LogP contribution in [-0.4, -0.2) is 13.2 Å². The third-order valence-corrected chi connectivity index (χ3v) is 4.23. The highest BCUT2D eigenvalue weighted by molar-refractivity contribution is 6.31. The van der Waals surface area contributed by atoms with Gasteiger partial charge in [-0.05, 0) is 62.1 Å². The van der Waals surface area contributed by atoms with Crippen LogP contribution in [-0.2, 0) is 6.42 Å². The fraction of sp³-hybridized carbons (Fsp3) is 0.400. The molecule has 0 saturated heterocycles. The van der Waals surface area contributed by atoms with Gasteiger partial charge in [0, 0.05) is 11.1 Å². The maximum Gasteiger partial charge on any atom is 0.119 e. The van der Waals surface area contributed by atoms with Crippen LogP contribution < -0.4 is 10.1 Å². The van der Waals surface area contributed by atoms with Crippen LogP contribution in [0.5, 0.6) is 5.75 Å². The van der Waals surface area contributed by atoms with Gasteiger partial charge in [-0.1, -0.05) is 48.9 Å². The van der Waals surface area contributed by atoms with E-state index in [0.717, 1.165) is 43.2 Å². The van der Waals surface area contributed by atoms with Gasteiger partial charge in [0.05, 0.1) is 6.61 Å². The molecule has 2 aromatic carbocycles. The average molecular weight is 332 g/mol. The van der Waals surface area contributed by atoms with Crippen molar-refractivity contribution in [1.82, 2.24) is 5.32 Å². The van der Waals surface area contributed by atoms with Crippen molar-refractivity contribution in [2.45, 2.75) is 39.2 Å². The Hall–Kier alpha value is -1.51. The Morgan fingerprint density at radius 2 is 1.96 bits per heavy atom. The SMILES string of the molecule is CCCOc1cccc([C@@H](C)NCCCc2ccccc2Cl)c1. The lowest BCUT2D eigenvalue weighted by atomic mass is 10.1. The van der Waals surface area contributed by atoms with Crippen molar-refractivity contribution in [3.8, 4) is 5.75 Å². The summed E-state index contributed by atoms with van der Waals surface area (Å²) in [4.78, 5) is 0. The minimum Gasteiger partial charge on any atom is -0.494 e. The van der Waals surface area contributed by atoms with Gasteiger partial charge < -0.3 is 10.1 Å². The van der Waals surface area contributed by atoms with Gasteiger partial charge in [-0.15, -0.1) is 0 Å². The summed E-state index contributed by atoms with van der Waals surface area (Å²) in [6.07, 6.45) is 3.10. The molecule has 0 aliphatic heterocycles. The molecule has 2 nitrogen and oxygen atoms in total. The fourth-order valence-corrected chi connectivity index (χ4v) is 2.74. The zero-order chi connectivity index (χ0) is 16.5.